The summed E-state index contributed by atoms with van der Waals surface area (Å²) in [4.78, 5) is -0.187. The molecule has 2 rings (SSSR count). The summed E-state index contributed by atoms with van der Waals surface area (Å²) in [5.41, 5.74) is 0. The summed E-state index contributed by atoms with van der Waals surface area (Å²) >= 11 is 0. The molecule has 19 heavy (non-hydrogen) atoms. The van der Waals surface area contributed by atoms with Gasteiger partial charge in [0, 0.05) is 13.1 Å². The molecule has 0 aromatic heterocycles. The van der Waals surface area contributed by atoms with Gasteiger partial charge in [0.05, 0.1) is 4.90 Å². The highest BCUT2D eigenvalue weighted by Crippen LogP contribution is 2.27. The van der Waals surface area contributed by atoms with Crippen LogP contribution in [0.5, 0.6) is 0 Å². The predicted molar refractivity (Wildman–Crippen MR) is 68.1 cm³/mol. The standard InChI is InChI=1S/C13H17F2NO2S/c1-9-5-10(2)8-16(7-9)19(17,18)11-3-4-12(14)13(15)6-11/h3-4,6,9-10H,5,7-8H2,1-2H3. The number of sulfonamides is 1. The van der Waals surface area contributed by atoms with E-state index in [9.17, 15) is 17.2 Å². The Morgan fingerprint density at radius 3 is 2.21 bits per heavy atom. The van der Waals surface area contributed by atoms with Gasteiger partial charge in [-0.3, -0.25) is 0 Å². The maximum atomic E-state index is 13.2. The zero-order valence-electron chi connectivity index (χ0n) is 10.9. The molecule has 1 aliphatic rings. The number of hydrogen-bond acceptors (Lipinski definition) is 2. The molecular weight excluding hydrogens is 272 g/mol. The topological polar surface area (TPSA) is 37.4 Å². The molecule has 0 N–H and O–H groups in total. The highest BCUT2D eigenvalue weighted by molar-refractivity contribution is 7.89. The third-order valence-electron chi connectivity index (χ3n) is 3.36. The molecule has 0 radical (unpaired) electrons. The van der Waals surface area contributed by atoms with Gasteiger partial charge in [-0.15, -0.1) is 0 Å². The van der Waals surface area contributed by atoms with E-state index in [1.54, 1.807) is 0 Å². The lowest BCUT2D eigenvalue weighted by atomic mass is 9.94. The van der Waals surface area contributed by atoms with Crippen LogP contribution in [-0.2, 0) is 10.0 Å². The fourth-order valence-electron chi connectivity index (χ4n) is 2.59. The second-order valence-corrected chi connectivity index (χ2v) is 7.28. The molecule has 1 aromatic rings. The third kappa shape index (κ3) is 2.95. The highest BCUT2D eigenvalue weighted by Gasteiger charge is 2.32. The number of halogens is 2. The molecule has 0 saturated carbocycles. The second-order valence-electron chi connectivity index (χ2n) is 5.34. The number of nitrogens with zero attached hydrogens (tertiary/aromatic N) is 1. The first kappa shape index (κ1) is 14.4. The van der Waals surface area contributed by atoms with Crippen LogP contribution in [0.4, 0.5) is 8.78 Å². The van der Waals surface area contributed by atoms with Crippen molar-refractivity contribution in [3.05, 3.63) is 29.8 Å². The van der Waals surface area contributed by atoms with Crippen molar-refractivity contribution in [3.63, 3.8) is 0 Å². The molecule has 0 bridgehead atoms. The Hall–Kier alpha value is -1.01. The highest BCUT2D eigenvalue weighted by atomic mass is 32.2. The Balaban J connectivity index is 2.33. The molecule has 3 nitrogen and oxygen atoms in total. The molecule has 1 heterocycles. The summed E-state index contributed by atoms with van der Waals surface area (Å²) in [6, 6.07) is 2.70. The van der Waals surface area contributed by atoms with Crippen LogP contribution in [0.15, 0.2) is 23.1 Å². The Morgan fingerprint density at radius 2 is 1.68 bits per heavy atom. The van der Waals surface area contributed by atoms with E-state index < -0.39 is 21.7 Å². The summed E-state index contributed by atoms with van der Waals surface area (Å²) in [7, 11) is -3.74. The van der Waals surface area contributed by atoms with Gasteiger partial charge < -0.3 is 0 Å². The van der Waals surface area contributed by atoms with Crippen molar-refractivity contribution < 1.29 is 17.2 Å². The molecule has 1 aromatic carbocycles. The largest absolute Gasteiger partial charge is 0.243 e. The van der Waals surface area contributed by atoms with Crippen LogP contribution in [0.2, 0.25) is 0 Å². The van der Waals surface area contributed by atoms with Gasteiger partial charge in [-0.05, 0) is 36.5 Å². The number of piperidine rings is 1. The molecule has 0 spiro atoms. The monoisotopic (exact) mass is 289 g/mol. The van der Waals surface area contributed by atoms with Crippen molar-refractivity contribution in [2.75, 3.05) is 13.1 Å². The first-order valence-electron chi connectivity index (χ1n) is 6.26. The second kappa shape index (κ2) is 5.17. The van der Waals surface area contributed by atoms with Crippen molar-refractivity contribution in [2.45, 2.75) is 25.2 Å². The maximum absolute atomic E-state index is 13.2. The smallest absolute Gasteiger partial charge is 0.207 e. The van der Waals surface area contributed by atoms with Crippen LogP contribution >= 0.6 is 0 Å². The summed E-state index contributed by atoms with van der Waals surface area (Å²) in [6.45, 7) is 4.82. The fraction of sp³-hybridized carbons (Fsp3) is 0.538. The van der Waals surface area contributed by atoms with E-state index in [-0.39, 0.29) is 16.7 Å². The van der Waals surface area contributed by atoms with Gasteiger partial charge in [0.15, 0.2) is 11.6 Å². The van der Waals surface area contributed by atoms with Crippen LogP contribution < -0.4 is 0 Å². The quantitative estimate of drug-likeness (QED) is 0.839. The lowest BCUT2D eigenvalue weighted by Crippen LogP contribution is -2.42. The number of rotatable bonds is 2. The van der Waals surface area contributed by atoms with Gasteiger partial charge in [0.1, 0.15) is 0 Å². The van der Waals surface area contributed by atoms with Gasteiger partial charge in [-0.25, -0.2) is 17.2 Å². The van der Waals surface area contributed by atoms with Crippen molar-refractivity contribution in [3.8, 4) is 0 Å². The summed E-state index contributed by atoms with van der Waals surface area (Å²) in [5.74, 6) is -1.65. The van der Waals surface area contributed by atoms with Gasteiger partial charge in [-0.1, -0.05) is 13.8 Å². The number of benzene rings is 1. The zero-order chi connectivity index (χ0) is 14.2. The molecule has 1 saturated heterocycles. The van der Waals surface area contributed by atoms with Gasteiger partial charge in [0.2, 0.25) is 10.0 Å². The minimum atomic E-state index is -3.74. The molecule has 1 aliphatic heterocycles. The van der Waals surface area contributed by atoms with Crippen LogP contribution in [0, 0.1) is 23.5 Å². The summed E-state index contributed by atoms with van der Waals surface area (Å²) in [5, 5.41) is 0. The summed E-state index contributed by atoms with van der Waals surface area (Å²) < 4.78 is 52.2. The third-order valence-corrected chi connectivity index (χ3v) is 5.19. The minimum absolute atomic E-state index is 0.187. The minimum Gasteiger partial charge on any atom is -0.207 e. The zero-order valence-corrected chi connectivity index (χ0v) is 11.8. The Morgan fingerprint density at radius 1 is 1.11 bits per heavy atom. The molecule has 106 valence electrons. The maximum Gasteiger partial charge on any atom is 0.243 e. The van der Waals surface area contributed by atoms with E-state index >= 15 is 0 Å². The summed E-state index contributed by atoms with van der Waals surface area (Å²) in [6.07, 6.45) is 0.976. The van der Waals surface area contributed by atoms with Gasteiger partial charge in [0.25, 0.3) is 0 Å². The van der Waals surface area contributed by atoms with Crippen LogP contribution in [-0.4, -0.2) is 25.8 Å². The van der Waals surface area contributed by atoms with Crippen LogP contribution in [0.25, 0.3) is 0 Å². The number of hydrogen-bond donors (Lipinski definition) is 0. The molecule has 6 heteroatoms. The van der Waals surface area contributed by atoms with Crippen molar-refractivity contribution in [2.24, 2.45) is 11.8 Å². The molecule has 0 aliphatic carbocycles. The Labute approximate surface area is 112 Å². The van der Waals surface area contributed by atoms with Crippen molar-refractivity contribution in [1.82, 2.24) is 4.31 Å². The lowest BCUT2D eigenvalue weighted by molar-refractivity contribution is 0.222. The first-order chi connectivity index (χ1) is 8.80. The fourth-order valence-corrected chi connectivity index (χ4v) is 4.28. The molecule has 2 atom stereocenters. The predicted octanol–water partition coefficient (Wildman–Crippen LogP) is 2.63. The van der Waals surface area contributed by atoms with Gasteiger partial charge in [-0.2, -0.15) is 4.31 Å². The van der Waals surface area contributed by atoms with Crippen LogP contribution in [0.3, 0.4) is 0 Å². The van der Waals surface area contributed by atoms with Crippen molar-refractivity contribution >= 4 is 10.0 Å². The Bertz CT molecular complexity index is 564. The van der Waals surface area contributed by atoms with Crippen LogP contribution in [0.1, 0.15) is 20.3 Å². The van der Waals surface area contributed by atoms with E-state index in [1.807, 2.05) is 13.8 Å². The van der Waals surface area contributed by atoms with E-state index in [2.05, 4.69) is 0 Å². The molecule has 0 amide bonds. The SMILES string of the molecule is CC1CC(C)CN(S(=O)(=O)c2ccc(F)c(F)c2)C1. The van der Waals surface area contributed by atoms with E-state index in [1.165, 1.54) is 4.31 Å². The average Bonchev–Trinajstić information content (AvgIpc) is 2.31. The molecule has 1 fully saturated rings. The normalized spacial score (nSPS) is 25.5. The van der Waals surface area contributed by atoms with Gasteiger partial charge >= 0.3 is 0 Å². The van der Waals surface area contributed by atoms with E-state index in [0.29, 0.717) is 13.1 Å². The Kier molecular flexibility index (Phi) is 3.92. The van der Waals surface area contributed by atoms with Crippen molar-refractivity contribution in [1.29, 1.82) is 0 Å². The average molecular weight is 289 g/mol. The van der Waals surface area contributed by atoms with E-state index in [4.69, 9.17) is 0 Å². The molecular formula is C13H17F2NO2S. The first-order valence-corrected chi connectivity index (χ1v) is 7.70. The van der Waals surface area contributed by atoms with E-state index in [0.717, 1.165) is 24.6 Å². The molecule has 2 unspecified atom stereocenters. The lowest BCUT2D eigenvalue weighted by Gasteiger charge is -2.34.